The van der Waals surface area contributed by atoms with Crippen LogP contribution in [0.2, 0.25) is 0 Å². The fourth-order valence-electron chi connectivity index (χ4n) is 2.58. The van der Waals surface area contributed by atoms with Crippen LogP contribution in [0.25, 0.3) is 0 Å². The molecule has 0 amide bonds. The average molecular weight is 262 g/mol. The summed E-state index contributed by atoms with van der Waals surface area (Å²) in [5.41, 5.74) is 7.17. The summed E-state index contributed by atoms with van der Waals surface area (Å²) in [6.07, 6.45) is 2.09. The second kappa shape index (κ2) is 5.24. The SMILES string of the molecule is C=C(N)C1CCN(c2ccc(C(C)(C)F)cc2)CC1. The Morgan fingerprint density at radius 2 is 1.79 bits per heavy atom. The molecule has 2 nitrogen and oxygen atoms in total. The number of allylic oxidation sites excluding steroid dienone is 1. The molecule has 104 valence electrons. The predicted octanol–water partition coefficient (Wildman–Crippen LogP) is 3.58. The highest BCUT2D eigenvalue weighted by molar-refractivity contribution is 5.48. The van der Waals surface area contributed by atoms with Crippen LogP contribution in [0.15, 0.2) is 36.5 Å². The molecule has 0 bridgehead atoms. The Labute approximate surface area is 115 Å². The van der Waals surface area contributed by atoms with Gasteiger partial charge in [-0.25, -0.2) is 4.39 Å². The second-order valence-corrected chi connectivity index (χ2v) is 5.86. The number of rotatable bonds is 3. The minimum absolute atomic E-state index is 0.445. The molecule has 0 saturated carbocycles. The van der Waals surface area contributed by atoms with Gasteiger partial charge in [-0.05, 0) is 44.4 Å². The van der Waals surface area contributed by atoms with Crippen LogP contribution in [-0.4, -0.2) is 13.1 Å². The zero-order chi connectivity index (χ0) is 14.0. The van der Waals surface area contributed by atoms with Crippen molar-refractivity contribution in [1.29, 1.82) is 0 Å². The Balaban J connectivity index is 2.02. The zero-order valence-electron chi connectivity index (χ0n) is 11.8. The van der Waals surface area contributed by atoms with Gasteiger partial charge in [0.15, 0.2) is 0 Å². The third-order valence-corrected chi connectivity index (χ3v) is 3.94. The van der Waals surface area contributed by atoms with Gasteiger partial charge in [0, 0.05) is 30.4 Å². The highest BCUT2D eigenvalue weighted by Gasteiger charge is 2.22. The fourth-order valence-corrected chi connectivity index (χ4v) is 2.58. The van der Waals surface area contributed by atoms with Gasteiger partial charge >= 0.3 is 0 Å². The zero-order valence-corrected chi connectivity index (χ0v) is 11.8. The first-order valence-corrected chi connectivity index (χ1v) is 6.86. The Bertz CT molecular complexity index is 437. The van der Waals surface area contributed by atoms with Crippen LogP contribution in [0.5, 0.6) is 0 Å². The molecule has 3 heteroatoms. The van der Waals surface area contributed by atoms with Crippen LogP contribution in [0, 0.1) is 5.92 Å². The summed E-state index contributed by atoms with van der Waals surface area (Å²) in [5, 5.41) is 0. The van der Waals surface area contributed by atoms with Crippen molar-refractivity contribution >= 4 is 5.69 Å². The Morgan fingerprint density at radius 3 is 2.21 bits per heavy atom. The van der Waals surface area contributed by atoms with E-state index in [0.29, 0.717) is 5.92 Å². The number of hydrogen-bond donors (Lipinski definition) is 1. The van der Waals surface area contributed by atoms with Gasteiger partial charge in [0.05, 0.1) is 0 Å². The second-order valence-electron chi connectivity index (χ2n) is 5.86. The number of nitrogens with two attached hydrogens (primary N) is 1. The Hall–Kier alpha value is -1.51. The molecule has 1 aliphatic rings. The van der Waals surface area contributed by atoms with E-state index in [9.17, 15) is 4.39 Å². The van der Waals surface area contributed by atoms with Crippen molar-refractivity contribution in [3.8, 4) is 0 Å². The van der Waals surface area contributed by atoms with Gasteiger partial charge in [0.25, 0.3) is 0 Å². The van der Waals surface area contributed by atoms with Gasteiger partial charge in [0.1, 0.15) is 5.67 Å². The molecule has 1 saturated heterocycles. The van der Waals surface area contributed by atoms with Gasteiger partial charge in [0.2, 0.25) is 0 Å². The molecule has 1 heterocycles. The largest absolute Gasteiger partial charge is 0.402 e. The van der Waals surface area contributed by atoms with Crippen molar-refractivity contribution in [2.75, 3.05) is 18.0 Å². The van der Waals surface area contributed by atoms with E-state index in [2.05, 4.69) is 11.5 Å². The summed E-state index contributed by atoms with van der Waals surface area (Å²) < 4.78 is 13.8. The first-order valence-electron chi connectivity index (χ1n) is 6.86. The maximum atomic E-state index is 13.8. The number of anilines is 1. The molecule has 0 radical (unpaired) electrons. The fraction of sp³-hybridized carbons (Fsp3) is 0.500. The van der Waals surface area contributed by atoms with E-state index >= 15 is 0 Å². The number of halogens is 1. The molecule has 0 unspecified atom stereocenters. The number of benzene rings is 1. The first kappa shape index (κ1) is 13.9. The van der Waals surface area contributed by atoms with Crippen LogP contribution < -0.4 is 10.6 Å². The molecule has 2 rings (SSSR count). The molecule has 0 aromatic heterocycles. The Kier molecular flexibility index (Phi) is 3.83. The quantitative estimate of drug-likeness (QED) is 0.902. The van der Waals surface area contributed by atoms with Crippen molar-refractivity contribution < 1.29 is 4.39 Å². The van der Waals surface area contributed by atoms with Crippen molar-refractivity contribution in [1.82, 2.24) is 0 Å². The summed E-state index contributed by atoms with van der Waals surface area (Å²) in [5.74, 6) is 0.445. The molecule has 1 fully saturated rings. The molecule has 1 aliphatic heterocycles. The molecule has 0 aliphatic carbocycles. The first-order chi connectivity index (χ1) is 8.88. The highest BCUT2D eigenvalue weighted by atomic mass is 19.1. The van der Waals surface area contributed by atoms with E-state index in [1.807, 2.05) is 24.3 Å². The summed E-state index contributed by atoms with van der Waals surface area (Å²) >= 11 is 0. The average Bonchev–Trinajstić information content (AvgIpc) is 2.38. The number of alkyl halides is 1. The lowest BCUT2D eigenvalue weighted by atomic mass is 9.93. The lowest BCUT2D eigenvalue weighted by Crippen LogP contribution is -2.35. The van der Waals surface area contributed by atoms with E-state index in [1.165, 1.54) is 0 Å². The predicted molar refractivity (Wildman–Crippen MR) is 78.8 cm³/mol. The van der Waals surface area contributed by atoms with Crippen molar-refractivity contribution in [3.05, 3.63) is 42.1 Å². The monoisotopic (exact) mass is 262 g/mol. The van der Waals surface area contributed by atoms with Crippen LogP contribution in [0.3, 0.4) is 0 Å². The standard InChI is InChI=1S/C16H23FN2/c1-12(18)13-8-10-19(11-9-13)15-6-4-14(5-7-15)16(2,3)17/h4-7,13H,1,8-11,18H2,2-3H3. The number of piperidine rings is 1. The molecule has 0 atom stereocenters. The van der Waals surface area contributed by atoms with E-state index in [0.717, 1.165) is 42.9 Å². The molecule has 0 spiro atoms. The number of hydrogen-bond acceptors (Lipinski definition) is 2. The third kappa shape index (κ3) is 3.28. The topological polar surface area (TPSA) is 29.3 Å². The summed E-state index contributed by atoms with van der Waals surface area (Å²) in [6, 6.07) is 7.77. The third-order valence-electron chi connectivity index (χ3n) is 3.94. The minimum atomic E-state index is -1.27. The minimum Gasteiger partial charge on any atom is -0.402 e. The van der Waals surface area contributed by atoms with E-state index in [-0.39, 0.29) is 0 Å². The smallest absolute Gasteiger partial charge is 0.130 e. The lowest BCUT2D eigenvalue weighted by molar-refractivity contribution is 0.221. The van der Waals surface area contributed by atoms with Gasteiger partial charge in [-0.1, -0.05) is 18.7 Å². The van der Waals surface area contributed by atoms with Gasteiger partial charge in [-0.15, -0.1) is 0 Å². The lowest BCUT2D eigenvalue weighted by Gasteiger charge is -2.33. The molecular formula is C16H23FN2. The summed E-state index contributed by atoms with van der Waals surface area (Å²) in [7, 11) is 0. The van der Waals surface area contributed by atoms with Crippen molar-refractivity contribution in [3.63, 3.8) is 0 Å². The Morgan fingerprint density at radius 1 is 1.26 bits per heavy atom. The van der Waals surface area contributed by atoms with Crippen LogP contribution >= 0.6 is 0 Å². The van der Waals surface area contributed by atoms with Crippen LogP contribution in [-0.2, 0) is 5.67 Å². The van der Waals surface area contributed by atoms with Gasteiger partial charge in [-0.3, -0.25) is 0 Å². The summed E-state index contributed by atoms with van der Waals surface area (Å²) in [4.78, 5) is 2.33. The molecular weight excluding hydrogens is 239 g/mol. The van der Waals surface area contributed by atoms with E-state index < -0.39 is 5.67 Å². The summed E-state index contributed by atoms with van der Waals surface area (Å²) in [6.45, 7) is 8.97. The molecule has 1 aromatic rings. The molecule has 2 N–H and O–H groups in total. The molecule has 1 aromatic carbocycles. The normalized spacial score (nSPS) is 17.5. The van der Waals surface area contributed by atoms with Crippen molar-refractivity contribution in [2.45, 2.75) is 32.4 Å². The number of nitrogens with zero attached hydrogens (tertiary/aromatic N) is 1. The van der Waals surface area contributed by atoms with Gasteiger partial charge in [-0.2, -0.15) is 0 Å². The highest BCUT2D eigenvalue weighted by Crippen LogP contribution is 2.29. The molecule has 19 heavy (non-hydrogen) atoms. The van der Waals surface area contributed by atoms with Gasteiger partial charge < -0.3 is 10.6 Å². The van der Waals surface area contributed by atoms with E-state index in [4.69, 9.17) is 5.73 Å². The maximum Gasteiger partial charge on any atom is 0.130 e. The van der Waals surface area contributed by atoms with Crippen LogP contribution in [0.4, 0.5) is 10.1 Å². The van der Waals surface area contributed by atoms with Crippen LogP contribution in [0.1, 0.15) is 32.3 Å². The van der Waals surface area contributed by atoms with Crippen molar-refractivity contribution in [2.24, 2.45) is 11.7 Å². The van der Waals surface area contributed by atoms with E-state index in [1.54, 1.807) is 13.8 Å². The maximum absolute atomic E-state index is 13.8.